The molecular formula is C19H17ClFN3O3. The highest BCUT2D eigenvalue weighted by Crippen LogP contribution is 2.37. The number of carbonyl (C=O) groups is 1. The number of piperidine rings is 1. The highest BCUT2D eigenvalue weighted by atomic mass is 35.5. The minimum atomic E-state index is -1.33. The van der Waals surface area contributed by atoms with Crippen LogP contribution in [0.5, 0.6) is 0 Å². The molecule has 1 fully saturated rings. The number of aromatic carboxylic acids is 1. The third-order valence-electron chi connectivity index (χ3n) is 5.10. The molecule has 1 aromatic carbocycles. The summed E-state index contributed by atoms with van der Waals surface area (Å²) in [5, 5.41) is 9.73. The SMILES string of the molecule is Cn1cc(C(=O)O)c(=O)c2c3cc(N4CCCCC4)c(Cl)c(F)c3ncc21. The lowest BCUT2D eigenvalue weighted by Crippen LogP contribution is -2.29. The van der Waals surface area contributed by atoms with E-state index in [0.29, 0.717) is 11.2 Å². The van der Waals surface area contributed by atoms with Gasteiger partial charge in [-0.3, -0.25) is 9.78 Å². The fraction of sp³-hybridized carbons (Fsp3) is 0.316. The van der Waals surface area contributed by atoms with Gasteiger partial charge in [-0.15, -0.1) is 0 Å². The number of hydrogen-bond acceptors (Lipinski definition) is 4. The van der Waals surface area contributed by atoms with E-state index in [1.165, 1.54) is 17.0 Å². The maximum Gasteiger partial charge on any atom is 0.341 e. The van der Waals surface area contributed by atoms with Gasteiger partial charge in [-0.05, 0) is 25.3 Å². The van der Waals surface area contributed by atoms with Crippen molar-refractivity contribution in [3.63, 3.8) is 0 Å². The van der Waals surface area contributed by atoms with E-state index in [0.717, 1.165) is 32.4 Å². The van der Waals surface area contributed by atoms with E-state index >= 15 is 0 Å². The third kappa shape index (κ3) is 2.73. The second-order valence-corrected chi connectivity index (χ2v) is 7.15. The number of nitrogens with zero attached hydrogens (tertiary/aromatic N) is 3. The van der Waals surface area contributed by atoms with Crippen molar-refractivity contribution in [3.05, 3.63) is 45.1 Å². The Morgan fingerprint density at radius 2 is 2.00 bits per heavy atom. The number of aromatic nitrogens is 2. The molecule has 3 heterocycles. The van der Waals surface area contributed by atoms with E-state index in [9.17, 15) is 19.1 Å². The summed E-state index contributed by atoms with van der Waals surface area (Å²) in [5.41, 5.74) is -0.114. The third-order valence-corrected chi connectivity index (χ3v) is 5.46. The predicted molar refractivity (Wildman–Crippen MR) is 102 cm³/mol. The molecule has 0 unspecified atom stereocenters. The fourth-order valence-corrected chi connectivity index (χ4v) is 3.99. The minimum absolute atomic E-state index is 0.0255. The zero-order chi connectivity index (χ0) is 19.3. The number of hydrogen-bond donors (Lipinski definition) is 1. The Kier molecular flexibility index (Phi) is 4.26. The predicted octanol–water partition coefficient (Wildman–Crippen LogP) is 3.57. The van der Waals surface area contributed by atoms with Crippen LogP contribution in [0.3, 0.4) is 0 Å². The summed E-state index contributed by atoms with van der Waals surface area (Å²) in [5.74, 6) is -2.02. The lowest BCUT2D eigenvalue weighted by Gasteiger charge is -2.30. The number of pyridine rings is 2. The summed E-state index contributed by atoms with van der Waals surface area (Å²) >= 11 is 6.28. The molecule has 0 bridgehead atoms. The maximum atomic E-state index is 15.0. The van der Waals surface area contributed by atoms with Crippen LogP contribution >= 0.6 is 11.6 Å². The Labute approximate surface area is 158 Å². The second-order valence-electron chi connectivity index (χ2n) is 6.77. The average Bonchev–Trinajstić information content (AvgIpc) is 2.67. The van der Waals surface area contributed by atoms with Crippen LogP contribution in [0, 0.1) is 5.82 Å². The molecule has 0 aliphatic carbocycles. The Bertz CT molecular complexity index is 1150. The first-order chi connectivity index (χ1) is 12.9. The van der Waals surface area contributed by atoms with Crippen LogP contribution < -0.4 is 10.3 Å². The first-order valence-electron chi connectivity index (χ1n) is 8.68. The Morgan fingerprint density at radius 1 is 1.30 bits per heavy atom. The molecule has 0 atom stereocenters. The van der Waals surface area contributed by atoms with Crippen molar-refractivity contribution in [2.75, 3.05) is 18.0 Å². The Balaban J connectivity index is 2.13. The minimum Gasteiger partial charge on any atom is -0.477 e. The molecule has 1 aliphatic heterocycles. The van der Waals surface area contributed by atoms with E-state index < -0.39 is 17.2 Å². The molecule has 0 radical (unpaired) electrons. The normalized spacial score (nSPS) is 14.9. The van der Waals surface area contributed by atoms with E-state index in [1.54, 1.807) is 13.1 Å². The number of benzene rings is 1. The molecule has 4 rings (SSSR count). The van der Waals surface area contributed by atoms with Crippen molar-refractivity contribution in [1.82, 2.24) is 9.55 Å². The van der Waals surface area contributed by atoms with Crippen molar-refractivity contribution in [2.24, 2.45) is 7.05 Å². The van der Waals surface area contributed by atoms with Gasteiger partial charge >= 0.3 is 5.97 Å². The number of rotatable bonds is 2. The maximum absolute atomic E-state index is 15.0. The van der Waals surface area contributed by atoms with Gasteiger partial charge in [0.1, 0.15) is 16.1 Å². The van der Waals surface area contributed by atoms with Gasteiger partial charge in [0, 0.05) is 31.7 Å². The monoisotopic (exact) mass is 389 g/mol. The van der Waals surface area contributed by atoms with Crippen molar-refractivity contribution in [3.8, 4) is 0 Å². The highest BCUT2D eigenvalue weighted by Gasteiger charge is 2.23. The second kappa shape index (κ2) is 6.49. The summed E-state index contributed by atoms with van der Waals surface area (Å²) in [7, 11) is 1.62. The number of anilines is 1. The van der Waals surface area contributed by atoms with Crippen molar-refractivity contribution in [1.29, 1.82) is 0 Å². The summed E-state index contributed by atoms with van der Waals surface area (Å²) in [4.78, 5) is 30.4. The molecule has 27 heavy (non-hydrogen) atoms. The van der Waals surface area contributed by atoms with Crippen LogP contribution in [0.25, 0.3) is 21.8 Å². The molecule has 0 saturated carbocycles. The number of carboxylic acids is 1. The molecule has 6 nitrogen and oxygen atoms in total. The van der Waals surface area contributed by atoms with Gasteiger partial charge in [-0.25, -0.2) is 9.18 Å². The van der Waals surface area contributed by atoms with Crippen LogP contribution in [0.4, 0.5) is 10.1 Å². The molecule has 1 saturated heterocycles. The van der Waals surface area contributed by atoms with Gasteiger partial charge in [-0.1, -0.05) is 11.6 Å². The summed E-state index contributed by atoms with van der Waals surface area (Å²) in [6, 6.07) is 1.66. The zero-order valence-electron chi connectivity index (χ0n) is 14.6. The largest absolute Gasteiger partial charge is 0.477 e. The van der Waals surface area contributed by atoms with E-state index in [-0.39, 0.29) is 26.9 Å². The van der Waals surface area contributed by atoms with Gasteiger partial charge in [-0.2, -0.15) is 0 Å². The van der Waals surface area contributed by atoms with Crippen LogP contribution in [-0.2, 0) is 7.05 Å². The topological polar surface area (TPSA) is 75.4 Å². The van der Waals surface area contributed by atoms with Crippen molar-refractivity contribution in [2.45, 2.75) is 19.3 Å². The first-order valence-corrected chi connectivity index (χ1v) is 9.06. The molecule has 0 amide bonds. The quantitative estimate of drug-likeness (QED) is 0.678. The summed E-state index contributed by atoms with van der Waals surface area (Å²) in [6.45, 7) is 1.50. The lowest BCUT2D eigenvalue weighted by molar-refractivity contribution is 0.0695. The van der Waals surface area contributed by atoms with Gasteiger partial charge in [0.15, 0.2) is 5.82 Å². The van der Waals surface area contributed by atoms with Gasteiger partial charge in [0.25, 0.3) is 0 Å². The van der Waals surface area contributed by atoms with E-state index in [4.69, 9.17) is 11.6 Å². The van der Waals surface area contributed by atoms with Crippen LogP contribution in [0.2, 0.25) is 5.02 Å². The Hall–Kier alpha value is -2.67. The van der Waals surface area contributed by atoms with Gasteiger partial charge < -0.3 is 14.6 Å². The van der Waals surface area contributed by atoms with Crippen molar-refractivity contribution >= 4 is 45.1 Å². The lowest BCUT2D eigenvalue weighted by atomic mass is 10.0. The molecule has 1 N–H and O–H groups in total. The van der Waals surface area contributed by atoms with Crippen LogP contribution in [0.15, 0.2) is 23.3 Å². The van der Waals surface area contributed by atoms with Crippen molar-refractivity contribution < 1.29 is 14.3 Å². The molecule has 2 aromatic heterocycles. The molecule has 8 heteroatoms. The molecule has 3 aromatic rings. The smallest absolute Gasteiger partial charge is 0.341 e. The first kappa shape index (κ1) is 17.7. The number of aryl methyl sites for hydroxylation is 1. The summed E-state index contributed by atoms with van der Waals surface area (Å²) in [6.07, 6.45) is 5.68. The summed E-state index contributed by atoms with van der Waals surface area (Å²) < 4.78 is 16.5. The fourth-order valence-electron chi connectivity index (χ4n) is 3.73. The van der Waals surface area contributed by atoms with E-state index in [1.807, 2.05) is 4.90 Å². The molecule has 140 valence electrons. The highest BCUT2D eigenvalue weighted by molar-refractivity contribution is 6.34. The Morgan fingerprint density at radius 3 is 2.67 bits per heavy atom. The molecule has 1 aliphatic rings. The van der Waals surface area contributed by atoms with Gasteiger partial charge in [0.05, 0.1) is 22.8 Å². The van der Waals surface area contributed by atoms with Crippen LogP contribution in [0.1, 0.15) is 29.6 Å². The van der Waals surface area contributed by atoms with E-state index in [2.05, 4.69) is 4.98 Å². The zero-order valence-corrected chi connectivity index (χ0v) is 15.4. The average molecular weight is 390 g/mol. The number of carboxylic acid groups (broad SMARTS) is 1. The number of halogens is 2. The standard InChI is InChI=1S/C19H17ClFN3O3/c1-23-9-11(19(26)27)18(25)14-10-7-12(24-5-3-2-4-6-24)15(20)16(21)17(10)22-8-13(14)23/h7-9H,2-6H2,1H3,(H,26,27). The molecular weight excluding hydrogens is 373 g/mol. The molecule has 0 spiro atoms. The van der Waals surface area contributed by atoms with Gasteiger partial charge in [0.2, 0.25) is 5.43 Å². The number of fused-ring (bicyclic) bond motifs is 3. The van der Waals surface area contributed by atoms with Crippen LogP contribution in [-0.4, -0.2) is 33.7 Å².